The fourth-order valence-corrected chi connectivity index (χ4v) is 7.56. The first-order valence-corrected chi connectivity index (χ1v) is 12.0. The van der Waals surface area contributed by atoms with Crippen molar-refractivity contribution < 1.29 is 0 Å². The van der Waals surface area contributed by atoms with Crippen LogP contribution in [-0.2, 0) is 0 Å². The molecule has 0 aromatic rings. The normalized spacial score (nSPS) is 45.4. The van der Waals surface area contributed by atoms with Crippen LogP contribution >= 0.6 is 0 Å². The van der Waals surface area contributed by atoms with Crippen molar-refractivity contribution in [2.45, 2.75) is 86.0 Å². The van der Waals surface area contributed by atoms with E-state index in [9.17, 15) is 0 Å². The van der Waals surface area contributed by atoms with E-state index in [1.165, 1.54) is 50.9 Å². The van der Waals surface area contributed by atoms with Crippen molar-refractivity contribution >= 4 is 0 Å². The third kappa shape index (κ3) is 3.04. The minimum atomic E-state index is 0.951. The molecule has 0 heterocycles. The third-order valence-corrected chi connectivity index (χ3v) is 8.82. The summed E-state index contributed by atoms with van der Waals surface area (Å²) in [5, 5.41) is 0. The molecular weight excluding hydrogens is 312 g/mol. The molecule has 9 atom stereocenters. The van der Waals surface area contributed by atoms with Crippen LogP contribution in [0.25, 0.3) is 0 Å². The Bertz CT molecular complexity index is 567. The van der Waals surface area contributed by atoms with Gasteiger partial charge >= 0.3 is 0 Å². The molecule has 0 aliphatic heterocycles. The van der Waals surface area contributed by atoms with Crippen molar-refractivity contribution in [3.8, 4) is 0 Å². The Balaban J connectivity index is 1.40. The summed E-state index contributed by atoms with van der Waals surface area (Å²) in [4.78, 5) is 0. The predicted molar refractivity (Wildman–Crippen MR) is 113 cm³/mol. The zero-order valence-electron chi connectivity index (χ0n) is 18.0. The van der Waals surface area contributed by atoms with Gasteiger partial charge in [0.1, 0.15) is 0 Å². The van der Waals surface area contributed by atoms with E-state index in [-0.39, 0.29) is 0 Å². The quantitative estimate of drug-likeness (QED) is 0.353. The highest BCUT2D eigenvalue weighted by atomic mass is 14.8. The summed E-state index contributed by atoms with van der Waals surface area (Å²) in [6, 6.07) is 0. The van der Waals surface area contributed by atoms with E-state index in [2.05, 4.69) is 46.8 Å². The molecule has 4 saturated carbocycles. The van der Waals surface area contributed by atoms with Gasteiger partial charge in [-0.05, 0) is 98.7 Å². The third-order valence-electron chi connectivity index (χ3n) is 8.82. The Labute approximate surface area is 162 Å². The first-order valence-electron chi connectivity index (χ1n) is 12.0. The smallest absolute Gasteiger partial charge is 0.0129 e. The van der Waals surface area contributed by atoms with Gasteiger partial charge in [-0.15, -0.1) is 0 Å². The molecule has 0 aromatic carbocycles. The van der Waals surface area contributed by atoms with E-state index in [0.29, 0.717) is 0 Å². The molecule has 0 spiro atoms. The van der Waals surface area contributed by atoms with Gasteiger partial charge in [0, 0.05) is 0 Å². The van der Waals surface area contributed by atoms with Crippen molar-refractivity contribution in [2.24, 2.45) is 53.3 Å². The Kier molecular flexibility index (Phi) is 5.42. The molecule has 9 unspecified atom stereocenters. The summed E-state index contributed by atoms with van der Waals surface area (Å²) in [6.45, 7) is 12.0. The standard InChI is InChI=1S/C26H42/c1-6-9-12-18(13-10-7-2)24-19(11-8-3)20(24)14-17(5)23-25-21-15-16(4)22(21)26(23)25/h6,9,16-17,19-23,25-26H,7-8,10-15H2,1-5H3. The molecule has 4 aliphatic rings. The zero-order valence-corrected chi connectivity index (χ0v) is 18.0. The van der Waals surface area contributed by atoms with Crippen molar-refractivity contribution in [3.05, 3.63) is 23.3 Å². The number of hydrogen-bond acceptors (Lipinski definition) is 0. The van der Waals surface area contributed by atoms with Gasteiger partial charge in [-0.3, -0.25) is 0 Å². The van der Waals surface area contributed by atoms with E-state index < -0.39 is 0 Å². The average molecular weight is 355 g/mol. The highest BCUT2D eigenvalue weighted by molar-refractivity contribution is 5.37. The minimum Gasteiger partial charge on any atom is -0.0913 e. The zero-order chi connectivity index (χ0) is 18.4. The molecule has 0 aromatic heterocycles. The molecule has 26 heavy (non-hydrogen) atoms. The summed E-state index contributed by atoms with van der Waals surface area (Å²) >= 11 is 0. The molecule has 0 nitrogen and oxygen atoms in total. The number of allylic oxidation sites excluding steroid dienone is 4. The summed E-state index contributed by atoms with van der Waals surface area (Å²) in [7, 11) is 0. The van der Waals surface area contributed by atoms with Crippen LogP contribution in [0.15, 0.2) is 23.3 Å². The van der Waals surface area contributed by atoms with E-state index in [4.69, 9.17) is 0 Å². The highest BCUT2D eigenvalue weighted by Gasteiger charge is 2.74. The first-order chi connectivity index (χ1) is 12.6. The van der Waals surface area contributed by atoms with Crippen molar-refractivity contribution in [2.75, 3.05) is 0 Å². The predicted octanol–water partition coefficient (Wildman–Crippen LogP) is 7.66. The van der Waals surface area contributed by atoms with Crippen LogP contribution in [0, 0.1) is 53.3 Å². The molecule has 0 bridgehead atoms. The summed E-state index contributed by atoms with van der Waals surface area (Å²) in [6.07, 6.45) is 15.8. The summed E-state index contributed by atoms with van der Waals surface area (Å²) in [5.74, 6) is 9.72. The molecule has 4 fully saturated rings. The Morgan fingerprint density at radius 1 is 1.12 bits per heavy atom. The number of unbranched alkanes of at least 4 members (excludes halogenated alkanes) is 1. The maximum Gasteiger partial charge on any atom is -0.0129 e. The first kappa shape index (κ1) is 18.8. The Morgan fingerprint density at radius 2 is 1.92 bits per heavy atom. The fraction of sp³-hybridized carbons (Fsp3) is 0.846. The van der Waals surface area contributed by atoms with E-state index >= 15 is 0 Å². The summed E-state index contributed by atoms with van der Waals surface area (Å²) in [5.41, 5.74) is 3.75. The molecule has 0 amide bonds. The largest absolute Gasteiger partial charge is 0.0913 e. The van der Waals surface area contributed by atoms with Crippen LogP contribution in [0.3, 0.4) is 0 Å². The maximum absolute atomic E-state index is 2.61. The van der Waals surface area contributed by atoms with Crippen LogP contribution in [0.2, 0.25) is 0 Å². The number of hydrogen-bond donors (Lipinski definition) is 0. The molecular formula is C26H42. The number of fused-ring (bicyclic) bond motifs is 4. The van der Waals surface area contributed by atoms with Crippen LogP contribution < -0.4 is 0 Å². The maximum atomic E-state index is 2.61. The van der Waals surface area contributed by atoms with Crippen molar-refractivity contribution in [1.29, 1.82) is 0 Å². The van der Waals surface area contributed by atoms with Crippen LogP contribution in [0.5, 0.6) is 0 Å². The Morgan fingerprint density at radius 3 is 2.54 bits per heavy atom. The second kappa shape index (κ2) is 7.48. The van der Waals surface area contributed by atoms with Crippen molar-refractivity contribution in [1.82, 2.24) is 0 Å². The summed E-state index contributed by atoms with van der Waals surface area (Å²) < 4.78 is 0. The topological polar surface area (TPSA) is 0 Å². The molecule has 0 heteroatoms. The van der Waals surface area contributed by atoms with Gasteiger partial charge in [0.05, 0.1) is 0 Å². The molecule has 4 rings (SSSR count). The Hall–Kier alpha value is -0.520. The average Bonchev–Trinajstić information content (AvgIpc) is 3.47. The lowest BCUT2D eigenvalue weighted by molar-refractivity contribution is -0.0287. The van der Waals surface area contributed by atoms with Crippen LogP contribution in [-0.4, -0.2) is 0 Å². The van der Waals surface area contributed by atoms with Gasteiger partial charge in [-0.25, -0.2) is 0 Å². The van der Waals surface area contributed by atoms with Gasteiger partial charge < -0.3 is 0 Å². The van der Waals surface area contributed by atoms with Crippen LogP contribution in [0.4, 0.5) is 0 Å². The molecule has 0 radical (unpaired) electrons. The van der Waals surface area contributed by atoms with Gasteiger partial charge in [0.2, 0.25) is 0 Å². The minimum absolute atomic E-state index is 0.951. The van der Waals surface area contributed by atoms with Gasteiger partial charge in [-0.1, -0.05) is 63.8 Å². The van der Waals surface area contributed by atoms with Crippen LogP contribution in [0.1, 0.15) is 86.0 Å². The van der Waals surface area contributed by atoms with E-state index in [0.717, 1.165) is 47.3 Å². The second-order valence-electron chi connectivity index (χ2n) is 10.3. The second-order valence-corrected chi connectivity index (χ2v) is 10.3. The molecule has 0 saturated heterocycles. The monoisotopic (exact) mass is 354 g/mol. The lowest BCUT2D eigenvalue weighted by Gasteiger charge is -2.51. The lowest BCUT2D eigenvalue weighted by Crippen LogP contribution is -2.45. The van der Waals surface area contributed by atoms with Gasteiger partial charge in [0.15, 0.2) is 0 Å². The molecule has 0 N–H and O–H groups in total. The lowest BCUT2D eigenvalue weighted by atomic mass is 9.54. The van der Waals surface area contributed by atoms with Gasteiger partial charge in [-0.2, -0.15) is 0 Å². The highest BCUT2D eigenvalue weighted by Crippen LogP contribution is 2.79. The van der Waals surface area contributed by atoms with E-state index in [1.54, 1.807) is 6.42 Å². The molecule has 4 aliphatic carbocycles. The molecule has 146 valence electrons. The van der Waals surface area contributed by atoms with Crippen molar-refractivity contribution in [3.63, 3.8) is 0 Å². The van der Waals surface area contributed by atoms with E-state index in [1.807, 2.05) is 11.1 Å². The number of rotatable bonds is 10. The van der Waals surface area contributed by atoms with Gasteiger partial charge in [0.25, 0.3) is 0 Å². The SMILES string of the molecule is CC=CCC(CCCC)=C1C(CCC)C1CC(C)C1C2C3CC(C)C3C12. The fourth-order valence-electron chi connectivity index (χ4n) is 7.56.